The average Bonchev–Trinajstić information content (AvgIpc) is 2.49. The van der Waals surface area contributed by atoms with E-state index in [0.29, 0.717) is 5.88 Å². The average molecular weight is 257 g/mol. The van der Waals surface area contributed by atoms with Crippen LogP contribution in [0.4, 0.5) is 0 Å². The van der Waals surface area contributed by atoms with Crippen LogP contribution < -0.4 is 10.1 Å². The third-order valence-corrected chi connectivity index (χ3v) is 3.17. The van der Waals surface area contributed by atoms with Gasteiger partial charge in [0.15, 0.2) is 0 Å². The molecule has 1 aromatic heterocycles. The summed E-state index contributed by atoms with van der Waals surface area (Å²) >= 11 is 0. The summed E-state index contributed by atoms with van der Waals surface area (Å²) in [6, 6.07) is 8.50. The van der Waals surface area contributed by atoms with Gasteiger partial charge in [-0.15, -0.1) is 0 Å². The van der Waals surface area contributed by atoms with Gasteiger partial charge in [-0.05, 0) is 24.6 Å². The summed E-state index contributed by atoms with van der Waals surface area (Å²) in [6.07, 6.45) is 4.36. The van der Waals surface area contributed by atoms with Crippen LogP contribution in [0.1, 0.15) is 29.8 Å². The first-order valence-corrected chi connectivity index (χ1v) is 6.41. The lowest BCUT2D eigenvalue weighted by atomic mass is 10.0. The molecule has 0 saturated carbocycles. The predicted octanol–water partition coefficient (Wildman–Crippen LogP) is 2.36. The Labute approximate surface area is 113 Å². The molecule has 0 fully saturated rings. The minimum absolute atomic E-state index is 0.0189. The van der Waals surface area contributed by atoms with Gasteiger partial charge in [-0.2, -0.15) is 0 Å². The zero-order chi connectivity index (χ0) is 13.7. The molecule has 0 radical (unpaired) electrons. The second-order valence-corrected chi connectivity index (χ2v) is 4.27. The highest BCUT2D eigenvalue weighted by atomic mass is 16.5. The van der Waals surface area contributed by atoms with E-state index in [1.807, 2.05) is 7.05 Å². The Morgan fingerprint density at radius 3 is 2.42 bits per heavy atom. The van der Waals surface area contributed by atoms with Gasteiger partial charge in [-0.1, -0.05) is 31.2 Å². The minimum atomic E-state index is -0.0189. The maximum Gasteiger partial charge on any atom is 0.237 e. The van der Waals surface area contributed by atoms with Crippen molar-refractivity contribution in [3.8, 4) is 5.88 Å². The molecule has 2 aromatic rings. The molecule has 0 amide bonds. The van der Waals surface area contributed by atoms with Crippen LogP contribution >= 0.6 is 0 Å². The highest BCUT2D eigenvalue weighted by molar-refractivity contribution is 5.34. The fourth-order valence-electron chi connectivity index (χ4n) is 2.10. The number of hydrogen-bond acceptors (Lipinski definition) is 4. The molecule has 0 aliphatic heterocycles. The van der Waals surface area contributed by atoms with E-state index < -0.39 is 0 Å². The van der Waals surface area contributed by atoms with Crippen LogP contribution in [0.3, 0.4) is 0 Å². The van der Waals surface area contributed by atoms with E-state index in [-0.39, 0.29) is 6.04 Å². The highest BCUT2D eigenvalue weighted by Crippen LogP contribution is 2.26. The van der Waals surface area contributed by atoms with E-state index in [1.165, 1.54) is 5.56 Å². The Morgan fingerprint density at radius 2 is 1.84 bits per heavy atom. The summed E-state index contributed by atoms with van der Waals surface area (Å²) in [5, 5.41) is 3.26. The lowest BCUT2D eigenvalue weighted by Crippen LogP contribution is -2.20. The van der Waals surface area contributed by atoms with Crippen LogP contribution in [0.5, 0.6) is 5.88 Å². The van der Waals surface area contributed by atoms with Crippen LogP contribution in [-0.2, 0) is 6.42 Å². The molecule has 0 bridgehead atoms. The summed E-state index contributed by atoms with van der Waals surface area (Å²) in [6.45, 7) is 2.15. The highest BCUT2D eigenvalue weighted by Gasteiger charge is 2.18. The third kappa shape index (κ3) is 2.90. The van der Waals surface area contributed by atoms with E-state index in [9.17, 15) is 0 Å². The number of hydrogen-bond donors (Lipinski definition) is 1. The monoisotopic (exact) mass is 257 g/mol. The molecule has 19 heavy (non-hydrogen) atoms. The Kier molecular flexibility index (Phi) is 4.47. The second-order valence-electron chi connectivity index (χ2n) is 4.27. The summed E-state index contributed by atoms with van der Waals surface area (Å²) in [4.78, 5) is 8.59. The van der Waals surface area contributed by atoms with Crippen molar-refractivity contribution in [3.05, 3.63) is 53.5 Å². The van der Waals surface area contributed by atoms with Crippen LogP contribution in [0.25, 0.3) is 0 Å². The SMILES string of the molecule is CCc1ccc(C(NC)c2nccnc2OC)cc1. The summed E-state index contributed by atoms with van der Waals surface area (Å²) in [7, 11) is 3.52. The standard InChI is InChI=1S/C15H19N3O/c1-4-11-5-7-12(8-6-11)13(16-2)14-15(19-3)18-10-9-17-14/h5-10,13,16H,4H2,1-3H3. The molecular weight excluding hydrogens is 238 g/mol. The fourth-order valence-corrected chi connectivity index (χ4v) is 2.10. The Bertz CT molecular complexity index is 525. The van der Waals surface area contributed by atoms with Gasteiger partial charge in [0.05, 0.1) is 13.2 Å². The molecule has 100 valence electrons. The van der Waals surface area contributed by atoms with Gasteiger partial charge in [-0.3, -0.25) is 4.98 Å². The van der Waals surface area contributed by atoms with E-state index in [4.69, 9.17) is 4.74 Å². The predicted molar refractivity (Wildman–Crippen MR) is 75.3 cm³/mol. The number of rotatable bonds is 5. The molecule has 1 atom stereocenters. The van der Waals surface area contributed by atoms with E-state index in [1.54, 1.807) is 19.5 Å². The molecule has 0 aliphatic rings. The van der Waals surface area contributed by atoms with Gasteiger partial charge in [0, 0.05) is 12.4 Å². The van der Waals surface area contributed by atoms with Crippen LogP contribution in [0.2, 0.25) is 0 Å². The molecule has 4 heteroatoms. The van der Waals surface area contributed by atoms with E-state index >= 15 is 0 Å². The number of ether oxygens (including phenoxy) is 1. The number of nitrogens with one attached hydrogen (secondary N) is 1. The normalized spacial score (nSPS) is 12.2. The largest absolute Gasteiger partial charge is 0.480 e. The molecule has 0 spiro atoms. The maximum atomic E-state index is 5.28. The van der Waals surface area contributed by atoms with Crippen LogP contribution in [0, 0.1) is 0 Å². The quantitative estimate of drug-likeness (QED) is 0.893. The first-order valence-electron chi connectivity index (χ1n) is 6.41. The van der Waals surface area contributed by atoms with Gasteiger partial charge >= 0.3 is 0 Å². The van der Waals surface area contributed by atoms with Crippen LogP contribution in [0.15, 0.2) is 36.7 Å². The molecule has 1 unspecified atom stereocenters. The first-order chi connectivity index (χ1) is 9.30. The van der Waals surface area contributed by atoms with Crippen molar-refractivity contribution in [1.29, 1.82) is 0 Å². The van der Waals surface area contributed by atoms with Gasteiger partial charge in [0.25, 0.3) is 0 Å². The van der Waals surface area contributed by atoms with Crippen LogP contribution in [-0.4, -0.2) is 24.1 Å². The molecule has 1 aromatic carbocycles. The third-order valence-electron chi connectivity index (χ3n) is 3.17. The van der Waals surface area contributed by atoms with Crippen molar-refractivity contribution in [2.45, 2.75) is 19.4 Å². The van der Waals surface area contributed by atoms with Crippen molar-refractivity contribution in [2.24, 2.45) is 0 Å². The number of nitrogens with zero attached hydrogens (tertiary/aromatic N) is 2. The van der Waals surface area contributed by atoms with E-state index in [2.05, 4.69) is 46.5 Å². The topological polar surface area (TPSA) is 47.0 Å². The van der Waals surface area contributed by atoms with Gasteiger partial charge in [-0.25, -0.2) is 4.98 Å². The van der Waals surface area contributed by atoms with Crippen molar-refractivity contribution >= 4 is 0 Å². The molecule has 2 rings (SSSR count). The lowest BCUT2D eigenvalue weighted by Gasteiger charge is -2.18. The van der Waals surface area contributed by atoms with Crippen molar-refractivity contribution in [1.82, 2.24) is 15.3 Å². The van der Waals surface area contributed by atoms with Gasteiger partial charge in [0.2, 0.25) is 5.88 Å². The first kappa shape index (κ1) is 13.5. The van der Waals surface area contributed by atoms with Gasteiger partial charge in [0.1, 0.15) is 5.69 Å². The Hall–Kier alpha value is -1.94. The Morgan fingerprint density at radius 1 is 1.16 bits per heavy atom. The number of aromatic nitrogens is 2. The summed E-state index contributed by atoms with van der Waals surface area (Å²) in [5.41, 5.74) is 3.28. The zero-order valence-electron chi connectivity index (χ0n) is 11.6. The lowest BCUT2D eigenvalue weighted by molar-refractivity contribution is 0.384. The zero-order valence-corrected chi connectivity index (χ0v) is 11.6. The Balaban J connectivity index is 2.37. The van der Waals surface area contributed by atoms with Crippen molar-refractivity contribution in [2.75, 3.05) is 14.2 Å². The van der Waals surface area contributed by atoms with E-state index in [0.717, 1.165) is 17.7 Å². The number of methoxy groups -OCH3 is 1. The van der Waals surface area contributed by atoms with Crippen molar-refractivity contribution in [3.63, 3.8) is 0 Å². The smallest absolute Gasteiger partial charge is 0.237 e. The number of benzene rings is 1. The molecule has 0 aliphatic carbocycles. The minimum Gasteiger partial charge on any atom is -0.480 e. The molecule has 4 nitrogen and oxygen atoms in total. The molecular formula is C15H19N3O. The van der Waals surface area contributed by atoms with Gasteiger partial charge < -0.3 is 10.1 Å². The van der Waals surface area contributed by atoms with Crippen molar-refractivity contribution < 1.29 is 4.74 Å². The fraction of sp³-hybridized carbons (Fsp3) is 0.333. The number of aryl methyl sites for hydroxylation is 1. The molecule has 1 N–H and O–H groups in total. The second kappa shape index (κ2) is 6.29. The summed E-state index contributed by atoms with van der Waals surface area (Å²) in [5.74, 6) is 0.557. The molecule has 1 heterocycles. The summed E-state index contributed by atoms with van der Waals surface area (Å²) < 4.78 is 5.28. The molecule has 0 saturated heterocycles. The maximum absolute atomic E-state index is 5.28.